The Labute approximate surface area is 159 Å². The maximum atomic E-state index is 11.3. The number of hydrogen-bond acceptors (Lipinski definition) is 7. The molecule has 4 aromatic rings. The molecule has 2 heterocycles. The molecule has 0 amide bonds. The summed E-state index contributed by atoms with van der Waals surface area (Å²) in [5.74, 6) is 0.776. The van der Waals surface area contributed by atoms with Crippen molar-refractivity contribution in [1.29, 1.82) is 0 Å². The lowest BCUT2D eigenvalue weighted by Crippen LogP contribution is -2.02. The molecule has 0 saturated carbocycles. The highest BCUT2D eigenvalue weighted by Crippen LogP contribution is 2.36. The maximum Gasteiger partial charge on any atom is 0.278 e. The van der Waals surface area contributed by atoms with Gasteiger partial charge in [0.25, 0.3) is 5.69 Å². The SMILES string of the molecule is CCNc1nc(Sc2ccc([N+](=O)[O-])c3cnccc23)nc2ccccc12. The first-order chi connectivity index (χ1) is 13.2. The van der Waals surface area contributed by atoms with Crippen molar-refractivity contribution in [2.24, 2.45) is 0 Å². The predicted molar refractivity (Wildman–Crippen MR) is 106 cm³/mol. The Hall–Kier alpha value is -3.26. The maximum absolute atomic E-state index is 11.3. The Morgan fingerprint density at radius 2 is 1.93 bits per heavy atom. The van der Waals surface area contributed by atoms with Gasteiger partial charge in [0.15, 0.2) is 5.16 Å². The summed E-state index contributed by atoms with van der Waals surface area (Å²) < 4.78 is 0. The van der Waals surface area contributed by atoms with Crippen LogP contribution in [0.1, 0.15) is 6.92 Å². The molecule has 0 fully saturated rings. The van der Waals surface area contributed by atoms with Gasteiger partial charge in [-0.3, -0.25) is 15.1 Å². The smallest absolute Gasteiger partial charge is 0.278 e. The van der Waals surface area contributed by atoms with Gasteiger partial charge in [0.05, 0.1) is 15.8 Å². The summed E-state index contributed by atoms with van der Waals surface area (Å²) in [4.78, 5) is 25.0. The minimum Gasteiger partial charge on any atom is -0.370 e. The fourth-order valence-electron chi connectivity index (χ4n) is 2.90. The Morgan fingerprint density at radius 3 is 2.74 bits per heavy atom. The summed E-state index contributed by atoms with van der Waals surface area (Å²) in [5.41, 5.74) is 0.883. The number of benzene rings is 2. The molecule has 0 aliphatic rings. The highest BCUT2D eigenvalue weighted by atomic mass is 32.2. The van der Waals surface area contributed by atoms with Crippen LogP contribution in [0.2, 0.25) is 0 Å². The molecule has 0 spiro atoms. The van der Waals surface area contributed by atoms with Gasteiger partial charge in [-0.05, 0) is 43.0 Å². The van der Waals surface area contributed by atoms with Crippen LogP contribution >= 0.6 is 11.8 Å². The summed E-state index contributed by atoms with van der Waals surface area (Å²) in [6.45, 7) is 2.76. The van der Waals surface area contributed by atoms with Gasteiger partial charge in [0.2, 0.25) is 0 Å². The number of aromatic nitrogens is 3. The molecule has 0 aliphatic heterocycles. The second-order valence-corrected chi connectivity index (χ2v) is 6.77. The lowest BCUT2D eigenvalue weighted by Gasteiger charge is -2.10. The van der Waals surface area contributed by atoms with Crippen LogP contribution in [-0.2, 0) is 0 Å². The van der Waals surface area contributed by atoms with Gasteiger partial charge in [-0.1, -0.05) is 12.1 Å². The normalized spacial score (nSPS) is 11.0. The number of non-ortho nitro benzene ring substituents is 1. The molecule has 7 nitrogen and oxygen atoms in total. The highest BCUT2D eigenvalue weighted by molar-refractivity contribution is 7.99. The third-order valence-corrected chi connectivity index (χ3v) is 5.02. The quantitative estimate of drug-likeness (QED) is 0.307. The fraction of sp³-hybridized carbons (Fsp3) is 0.105. The molecule has 0 bridgehead atoms. The first kappa shape index (κ1) is 17.2. The Bertz CT molecular complexity index is 1170. The molecule has 0 atom stereocenters. The van der Waals surface area contributed by atoms with E-state index in [-0.39, 0.29) is 5.69 Å². The third-order valence-electron chi connectivity index (χ3n) is 4.08. The number of nitro benzene ring substituents is 1. The Kier molecular flexibility index (Phi) is 4.55. The molecule has 134 valence electrons. The molecule has 2 aromatic carbocycles. The van der Waals surface area contributed by atoms with Crippen molar-refractivity contribution in [2.45, 2.75) is 17.0 Å². The van der Waals surface area contributed by atoms with Crippen LogP contribution < -0.4 is 5.32 Å². The zero-order chi connectivity index (χ0) is 18.8. The molecular formula is C19H15N5O2S. The van der Waals surface area contributed by atoms with Crippen molar-refractivity contribution in [3.8, 4) is 0 Å². The largest absolute Gasteiger partial charge is 0.370 e. The monoisotopic (exact) mass is 377 g/mol. The van der Waals surface area contributed by atoms with E-state index in [1.165, 1.54) is 24.0 Å². The number of fused-ring (bicyclic) bond motifs is 2. The topological polar surface area (TPSA) is 93.8 Å². The molecule has 8 heteroatoms. The number of nitro groups is 1. The van der Waals surface area contributed by atoms with Crippen LogP contribution in [0.5, 0.6) is 0 Å². The number of pyridine rings is 1. The molecule has 0 aliphatic carbocycles. The molecule has 2 aromatic heterocycles. The van der Waals surface area contributed by atoms with Gasteiger partial charge in [0.1, 0.15) is 5.82 Å². The van der Waals surface area contributed by atoms with Crippen molar-refractivity contribution in [3.05, 3.63) is 65.0 Å². The molecule has 0 unspecified atom stereocenters. The van der Waals surface area contributed by atoms with E-state index in [2.05, 4.69) is 20.3 Å². The van der Waals surface area contributed by atoms with Crippen molar-refractivity contribution in [2.75, 3.05) is 11.9 Å². The summed E-state index contributed by atoms with van der Waals surface area (Å²) in [7, 11) is 0. The lowest BCUT2D eigenvalue weighted by atomic mass is 10.1. The van der Waals surface area contributed by atoms with Gasteiger partial charge < -0.3 is 5.32 Å². The molecule has 0 radical (unpaired) electrons. The van der Waals surface area contributed by atoms with Gasteiger partial charge in [0, 0.05) is 40.7 Å². The number of hydrogen-bond donors (Lipinski definition) is 1. The zero-order valence-electron chi connectivity index (χ0n) is 14.4. The van der Waals surface area contributed by atoms with Crippen LogP contribution in [0.4, 0.5) is 11.5 Å². The zero-order valence-corrected chi connectivity index (χ0v) is 15.2. The van der Waals surface area contributed by atoms with Crippen LogP contribution in [0.3, 0.4) is 0 Å². The van der Waals surface area contributed by atoms with Crippen LogP contribution in [0.25, 0.3) is 21.7 Å². The van der Waals surface area contributed by atoms with E-state index in [1.54, 1.807) is 18.3 Å². The average molecular weight is 377 g/mol. The summed E-state index contributed by atoms with van der Waals surface area (Å²) in [6.07, 6.45) is 3.14. The number of para-hydroxylation sites is 1. The minimum atomic E-state index is -0.395. The summed E-state index contributed by atoms with van der Waals surface area (Å²) in [6, 6.07) is 12.8. The first-order valence-electron chi connectivity index (χ1n) is 8.37. The average Bonchev–Trinajstić information content (AvgIpc) is 2.68. The van der Waals surface area contributed by atoms with Gasteiger partial charge in [-0.2, -0.15) is 0 Å². The van der Waals surface area contributed by atoms with E-state index in [4.69, 9.17) is 0 Å². The van der Waals surface area contributed by atoms with Gasteiger partial charge in [-0.15, -0.1) is 0 Å². The molecule has 4 rings (SSSR count). The van der Waals surface area contributed by atoms with E-state index < -0.39 is 4.92 Å². The van der Waals surface area contributed by atoms with Crippen LogP contribution in [-0.4, -0.2) is 26.4 Å². The van der Waals surface area contributed by atoms with E-state index in [9.17, 15) is 10.1 Å². The van der Waals surface area contributed by atoms with Gasteiger partial charge >= 0.3 is 0 Å². The molecule has 27 heavy (non-hydrogen) atoms. The Morgan fingerprint density at radius 1 is 1.07 bits per heavy atom. The lowest BCUT2D eigenvalue weighted by molar-refractivity contribution is -0.383. The van der Waals surface area contributed by atoms with Crippen molar-refractivity contribution in [3.63, 3.8) is 0 Å². The van der Waals surface area contributed by atoms with Crippen LogP contribution in [0, 0.1) is 10.1 Å². The molecule has 0 saturated heterocycles. The molecule has 1 N–H and O–H groups in total. The van der Waals surface area contributed by atoms with Crippen molar-refractivity contribution >= 4 is 44.9 Å². The van der Waals surface area contributed by atoms with Gasteiger partial charge in [-0.25, -0.2) is 9.97 Å². The van der Waals surface area contributed by atoms with Crippen molar-refractivity contribution in [1.82, 2.24) is 15.0 Å². The van der Waals surface area contributed by atoms with E-state index in [0.29, 0.717) is 10.5 Å². The summed E-state index contributed by atoms with van der Waals surface area (Å²) >= 11 is 1.38. The third kappa shape index (κ3) is 3.26. The highest BCUT2D eigenvalue weighted by Gasteiger charge is 2.16. The number of nitrogens with one attached hydrogen (secondary N) is 1. The first-order valence-corrected chi connectivity index (χ1v) is 9.18. The van der Waals surface area contributed by atoms with Crippen molar-refractivity contribution < 1.29 is 4.92 Å². The van der Waals surface area contributed by atoms with Crippen LogP contribution in [0.15, 0.2) is 64.9 Å². The fourth-order valence-corrected chi connectivity index (χ4v) is 3.80. The summed E-state index contributed by atoms with van der Waals surface area (Å²) in [5, 5.41) is 17.4. The standard InChI is InChI=1S/C19H15N5O2S/c1-2-21-18-13-5-3-4-6-15(13)22-19(23-18)27-17-8-7-16(24(25)26)14-11-20-10-9-12(14)17/h3-11H,2H2,1H3,(H,21,22,23). The second kappa shape index (κ2) is 7.16. The molecular weight excluding hydrogens is 362 g/mol. The number of rotatable bonds is 5. The minimum absolute atomic E-state index is 0.0372. The second-order valence-electron chi connectivity index (χ2n) is 5.77. The number of anilines is 1. The Balaban J connectivity index is 1.83. The van der Waals surface area contributed by atoms with E-state index >= 15 is 0 Å². The number of nitrogens with zero attached hydrogens (tertiary/aromatic N) is 4. The predicted octanol–water partition coefficient (Wildman–Crippen LogP) is 4.67. The van der Waals surface area contributed by atoms with E-state index in [1.807, 2.05) is 31.2 Å². The van der Waals surface area contributed by atoms with E-state index in [0.717, 1.165) is 33.5 Å².